The van der Waals surface area contributed by atoms with Crippen molar-refractivity contribution in [3.63, 3.8) is 0 Å². The SMILES string of the molecule is CN(Cc1ccsc1)C(=O)CSc1nnc(-c2ccc(Cl)cc2)n1N. The second-order valence-corrected chi connectivity index (χ2v) is 7.51. The molecule has 1 aromatic carbocycles. The fourth-order valence-electron chi connectivity index (χ4n) is 2.15. The molecule has 1 amide bonds. The molecule has 3 rings (SSSR count). The van der Waals surface area contributed by atoms with Gasteiger partial charge in [-0.05, 0) is 46.7 Å². The lowest BCUT2D eigenvalue weighted by molar-refractivity contribution is -0.127. The van der Waals surface area contributed by atoms with Crippen LogP contribution in [0.5, 0.6) is 0 Å². The predicted octanol–water partition coefficient (Wildman–Crippen LogP) is 3.12. The molecule has 3 aromatic rings. The van der Waals surface area contributed by atoms with E-state index in [1.807, 2.05) is 29.0 Å². The van der Waals surface area contributed by atoms with E-state index in [2.05, 4.69) is 10.2 Å². The molecule has 0 unspecified atom stereocenters. The van der Waals surface area contributed by atoms with E-state index in [0.29, 0.717) is 22.5 Å². The standard InChI is InChI=1S/C16H16ClN5OS2/c1-21(8-11-6-7-24-9-11)14(23)10-25-16-20-19-15(22(16)18)12-2-4-13(17)5-3-12/h2-7,9H,8,10,18H2,1H3. The van der Waals surface area contributed by atoms with Crippen molar-refractivity contribution in [2.24, 2.45) is 0 Å². The summed E-state index contributed by atoms with van der Waals surface area (Å²) in [5.74, 6) is 6.84. The Morgan fingerprint density at radius 1 is 1.32 bits per heavy atom. The molecule has 0 aliphatic carbocycles. The third-order valence-corrected chi connectivity index (χ3v) is 5.43. The number of hydrogen-bond donors (Lipinski definition) is 1. The molecule has 0 radical (unpaired) electrons. The van der Waals surface area contributed by atoms with Gasteiger partial charge in [0.05, 0.1) is 5.75 Å². The lowest BCUT2D eigenvalue weighted by atomic mass is 10.2. The molecule has 2 aromatic heterocycles. The summed E-state index contributed by atoms with van der Waals surface area (Å²) in [4.78, 5) is 14.0. The van der Waals surface area contributed by atoms with E-state index in [0.717, 1.165) is 11.1 Å². The van der Waals surface area contributed by atoms with Crippen LogP contribution in [0, 0.1) is 0 Å². The highest BCUT2D eigenvalue weighted by molar-refractivity contribution is 7.99. The Morgan fingerprint density at radius 3 is 2.76 bits per heavy atom. The van der Waals surface area contributed by atoms with Crippen LogP contribution in [0.25, 0.3) is 11.4 Å². The summed E-state index contributed by atoms with van der Waals surface area (Å²) in [5, 5.41) is 13.3. The van der Waals surface area contributed by atoms with Crippen LogP contribution in [0.1, 0.15) is 5.56 Å². The molecule has 0 aliphatic heterocycles. The Morgan fingerprint density at radius 2 is 2.08 bits per heavy atom. The van der Waals surface area contributed by atoms with Crippen LogP contribution in [-0.4, -0.2) is 38.5 Å². The van der Waals surface area contributed by atoms with Crippen molar-refractivity contribution in [3.8, 4) is 11.4 Å². The van der Waals surface area contributed by atoms with Gasteiger partial charge < -0.3 is 10.7 Å². The zero-order chi connectivity index (χ0) is 17.8. The fraction of sp³-hybridized carbons (Fsp3) is 0.188. The van der Waals surface area contributed by atoms with Crippen molar-refractivity contribution in [3.05, 3.63) is 51.7 Å². The maximum absolute atomic E-state index is 12.3. The van der Waals surface area contributed by atoms with Gasteiger partial charge >= 0.3 is 0 Å². The Labute approximate surface area is 158 Å². The van der Waals surface area contributed by atoms with Gasteiger partial charge in [-0.3, -0.25) is 4.79 Å². The average Bonchev–Trinajstić information content (AvgIpc) is 3.23. The number of carbonyl (C=O) groups is 1. The molecule has 6 nitrogen and oxygen atoms in total. The van der Waals surface area contributed by atoms with Crippen LogP contribution < -0.4 is 5.84 Å². The van der Waals surface area contributed by atoms with Gasteiger partial charge in [-0.15, -0.1) is 10.2 Å². The van der Waals surface area contributed by atoms with E-state index >= 15 is 0 Å². The molecule has 0 spiro atoms. The number of hydrogen-bond acceptors (Lipinski definition) is 6. The first-order valence-corrected chi connectivity index (χ1v) is 9.69. The average molecular weight is 394 g/mol. The molecule has 130 valence electrons. The van der Waals surface area contributed by atoms with E-state index in [4.69, 9.17) is 17.4 Å². The van der Waals surface area contributed by atoms with Gasteiger partial charge in [-0.25, -0.2) is 4.68 Å². The summed E-state index contributed by atoms with van der Waals surface area (Å²) in [6.07, 6.45) is 0. The van der Waals surface area contributed by atoms with Gasteiger partial charge in [0.2, 0.25) is 11.1 Å². The summed E-state index contributed by atoms with van der Waals surface area (Å²) in [6, 6.07) is 9.19. The molecule has 9 heteroatoms. The number of thioether (sulfide) groups is 1. The quantitative estimate of drug-likeness (QED) is 0.514. The molecule has 0 bridgehead atoms. The molecule has 0 fully saturated rings. The largest absolute Gasteiger partial charge is 0.341 e. The summed E-state index contributed by atoms with van der Waals surface area (Å²) in [6.45, 7) is 0.592. The maximum Gasteiger partial charge on any atom is 0.233 e. The van der Waals surface area contributed by atoms with Crippen LogP contribution in [0.3, 0.4) is 0 Å². The molecule has 0 atom stereocenters. The van der Waals surface area contributed by atoms with Crippen LogP contribution in [0.2, 0.25) is 5.02 Å². The maximum atomic E-state index is 12.3. The lowest BCUT2D eigenvalue weighted by Crippen LogP contribution is -2.27. The molecular formula is C16H16ClN5OS2. The van der Waals surface area contributed by atoms with Crippen LogP contribution in [-0.2, 0) is 11.3 Å². The number of rotatable bonds is 6. The second kappa shape index (κ2) is 7.90. The minimum Gasteiger partial charge on any atom is -0.341 e. The first-order chi connectivity index (χ1) is 12.0. The second-order valence-electron chi connectivity index (χ2n) is 5.35. The normalized spacial score (nSPS) is 10.8. The minimum atomic E-state index is 0.00671. The molecule has 0 saturated heterocycles. The van der Waals surface area contributed by atoms with Crippen molar-refractivity contribution >= 4 is 40.6 Å². The molecule has 2 N–H and O–H groups in total. The van der Waals surface area contributed by atoms with Crippen molar-refractivity contribution in [1.82, 2.24) is 19.8 Å². The van der Waals surface area contributed by atoms with Crippen molar-refractivity contribution in [1.29, 1.82) is 0 Å². The number of halogens is 1. The minimum absolute atomic E-state index is 0.00671. The Balaban J connectivity index is 1.62. The topological polar surface area (TPSA) is 77.0 Å². The van der Waals surface area contributed by atoms with Crippen LogP contribution in [0.15, 0.2) is 46.2 Å². The molecule has 0 saturated carbocycles. The number of benzene rings is 1. The monoisotopic (exact) mass is 393 g/mol. The van der Waals surface area contributed by atoms with Gasteiger partial charge in [0.15, 0.2) is 5.82 Å². The summed E-state index contributed by atoms with van der Waals surface area (Å²) in [5.41, 5.74) is 1.94. The summed E-state index contributed by atoms with van der Waals surface area (Å²) < 4.78 is 1.39. The first kappa shape index (κ1) is 17.8. The van der Waals surface area contributed by atoms with Gasteiger partial charge in [-0.1, -0.05) is 23.4 Å². The number of amides is 1. The van der Waals surface area contributed by atoms with E-state index in [9.17, 15) is 4.79 Å². The molecular weight excluding hydrogens is 378 g/mol. The molecule has 25 heavy (non-hydrogen) atoms. The van der Waals surface area contributed by atoms with Crippen molar-refractivity contribution in [2.75, 3.05) is 18.6 Å². The number of nitrogens with zero attached hydrogens (tertiary/aromatic N) is 4. The lowest BCUT2D eigenvalue weighted by Gasteiger charge is -2.15. The summed E-state index contributed by atoms with van der Waals surface area (Å²) >= 11 is 8.77. The molecule has 2 heterocycles. The van der Waals surface area contributed by atoms with E-state index in [1.165, 1.54) is 16.4 Å². The number of carbonyl (C=O) groups excluding carboxylic acids is 1. The number of nitrogen functional groups attached to an aromatic ring is 1. The Hall–Kier alpha value is -2.03. The number of thiophene rings is 1. The molecule has 0 aliphatic rings. The zero-order valence-corrected chi connectivity index (χ0v) is 15.8. The smallest absolute Gasteiger partial charge is 0.233 e. The first-order valence-electron chi connectivity index (χ1n) is 7.39. The van der Waals surface area contributed by atoms with E-state index < -0.39 is 0 Å². The van der Waals surface area contributed by atoms with Gasteiger partial charge in [-0.2, -0.15) is 11.3 Å². The van der Waals surface area contributed by atoms with Crippen LogP contribution >= 0.6 is 34.7 Å². The number of nitrogens with two attached hydrogens (primary N) is 1. The summed E-state index contributed by atoms with van der Waals surface area (Å²) in [7, 11) is 1.78. The van der Waals surface area contributed by atoms with Gasteiger partial charge in [0, 0.05) is 24.2 Å². The zero-order valence-electron chi connectivity index (χ0n) is 13.4. The highest BCUT2D eigenvalue weighted by Crippen LogP contribution is 2.23. The third-order valence-electron chi connectivity index (χ3n) is 3.52. The Kier molecular flexibility index (Phi) is 5.62. The number of aromatic nitrogens is 3. The fourth-order valence-corrected chi connectivity index (χ4v) is 3.74. The highest BCUT2D eigenvalue weighted by Gasteiger charge is 2.15. The van der Waals surface area contributed by atoms with Crippen LogP contribution in [0.4, 0.5) is 0 Å². The van der Waals surface area contributed by atoms with Gasteiger partial charge in [0.25, 0.3) is 0 Å². The van der Waals surface area contributed by atoms with E-state index in [-0.39, 0.29) is 11.7 Å². The van der Waals surface area contributed by atoms with E-state index in [1.54, 1.807) is 35.4 Å². The third kappa shape index (κ3) is 4.33. The van der Waals surface area contributed by atoms with Crippen molar-refractivity contribution in [2.45, 2.75) is 11.7 Å². The highest BCUT2D eigenvalue weighted by atomic mass is 35.5. The Bertz CT molecular complexity index is 848. The predicted molar refractivity (Wildman–Crippen MR) is 102 cm³/mol. The van der Waals surface area contributed by atoms with Crippen molar-refractivity contribution < 1.29 is 4.79 Å². The van der Waals surface area contributed by atoms with Gasteiger partial charge in [0.1, 0.15) is 0 Å².